The van der Waals surface area contributed by atoms with Gasteiger partial charge in [0.2, 0.25) is 5.91 Å². The van der Waals surface area contributed by atoms with Gasteiger partial charge in [0.15, 0.2) is 0 Å². The van der Waals surface area contributed by atoms with Gasteiger partial charge in [-0.05, 0) is 12.8 Å². The second kappa shape index (κ2) is 4.97. The molecule has 0 fully saturated rings. The summed E-state index contributed by atoms with van der Waals surface area (Å²) in [6, 6.07) is 0. The van der Waals surface area contributed by atoms with Crippen LogP contribution in [0.1, 0.15) is 26.2 Å². The number of carbonyl (C=O) groups excluding carboxylic acids is 2. The smallest absolute Gasteiger partial charge is 0.220 e. The molecule has 2 N–H and O–H groups in total. The average Bonchev–Trinajstić information content (AvgIpc) is 1.88. The molecule has 0 aliphatic heterocycles. The van der Waals surface area contributed by atoms with Crippen molar-refractivity contribution in [3.8, 4) is 0 Å². The molecule has 0 rings (SSSR count). The average molecular weight is 143 g/mol. The lowest BCUT2D eigenvalue weighted by Crippen LogP contribution is -2.20. The maximum absolute atomic E-state index is 10.4. The Balaban J connectivity index is 3.30. The summed E-state index contributed by atoms with van der Waals surface area (Å²) in [6.07, 6.45) is 2.85. The van der Waals surface area contributed by atoms with Gasteiger partial charge >= 0.3 is 0 Å². The number of hydrogen-bond acceptors (Lipinski definition) is 2. The molecule has 0 aromatic heterocycles. The second-order valence-electron chi connectivity index (χ2n) is 2.40. The van der Waals surface area contributed by atoms with E-state index in [1.54, 1.807) is 6.92 Å². The Hall–Kier alpha value is -0.860. The molecule has 0 aliphatic rings. The molecule has 58 valence electrons. The number of amides is 1. The molecule has 0 saturated heterocycles. The van der Waals surface area contributed by atoms with Crippen molar-refractivity contribution in [2.45, 2.75) is 26.2 Å². The van der Waals surface area contributed by atoms with Crippen molar-refractivity contribution in [2.24, 2.45) is 11.7 Å². The summed E-state index contributed by atoms with van der Waals surface area (Å²) in [5.74, 6) is -0.383. The number of nitrogens with two attached hydrogens (primary N) is 1. The summed E-state index contributed by atoms with van der Waals surface area (Å²) in [5.41, 5.74) is 4.99. The normalized spacial score (nSPS) is 12.5. The van der Waals surface area contributed by atoms with Gasteiger partial charge in [-0.2, -0.15) is 0 Å². The maximum Gasteiger partial charge on any atom is 0.220 e. The molecule has 3 heteroatoms. The molecule has 1 amide bonds. The molecule has 0 saturated carbocycles. The van der Waals surface area contributed by atoms with Crippen LogP contribution in [-0.4, -0.2) is 12.2 Å². The fourth-order valence-electron chi connectivity index (χ4n) is 0.650. The first-order chi connectivity index (χ1) is 4.68. The first-order valence-electron chi connectivity index (χ1n) is 3.41. The molecule has 1 unspecified atom stereocenters. The number of aldehydes is 1. The van der Waals surface area contributed by atoms with Crippen molar-refractivity contribution in [2.75, 3.05) is 0 Å². The van der Waals surface area contributed by atoms with Gasteiger partial charge in [-0.15, -0.1) is 0 Å². The lowest BCUT2D eigenvalue weighted by atomic mass is 10.0. The van der Waals surface area contributed by atoms with Crippen molar-refractivity contribution in [3.05, 3.63) is 0 Å². The molecule has 0 radical (unpaired) electrons. The number of hydrogen-bond donors (Lipinski definition) is 1. The molecule has 0 bridgehead atoms. The van der Waals surface area contributed by atoms with Crippen LogP contribution in [0.5, 0.6) is 0 Å². The minimum absolute atomic E-state index is 0.0973. The van der Waals surface area contributed by atoms with Crippen molar-refractivity contribution in [3.63, 3.8) is 0 Å². The zero-order chi connectivity index (χ0) is 7.98. The van der Waals surface area contributed by atoms with E-state index in [0.29, 0.717) is 12.8 Å². The molecule has 1 atom stereocenters. The van der Waals surface area contributed by atoms with Gasteiger partial charge in [0.1, 0.15) is 6.29 Å². The minimum Gasteiger partial charge on any atom is -0.369 e. The summed E-state index contributed by atoms with van der Waals surface area (Å²) < 4.78 is 0. The second-order valence-corrected chi connectivity index (χ2v) is 2.40. The van der Waals surface area contributed by atoms with E-state index in [9.17, 15) is 9.59 Å². The monoisotopic (exact) mass is 143 g/mol. The van der Waals surface area contributed by atoms with Gasteiger partial charge in [-0.1, -0.05) is 6.92 Å². The molecule has 0 aromatic rings. The molecule has 0 spiro atoms. The zero-order valence-corrected chi connectivity index (χ0v) is 6.17. The summed E-state index contributed by atoms with van der Waals surface area (Å²) in [7, 11) is 0. The third kappa shape index (κ3) is 4.06. The molecule has 10 heavy (non-hydrogen) atoms. The summed E-state index contributed by atoms with van der Waals surface area (Å²) >= 11 is 0. The lowest BCUT2D eigenvalue weighted by Gasteiger charge is -2.03. The Bertz CT molecular complexity index is 123. The fraction of sp³-hybridized carbons (Fsp3) is 0.714. The number of primary amides is 1. The topological polar surface area (TPSA) is 60.2 Å². The molecular formula is C7H13NO2. The summed E-state index contributed by atoms with van der Waals surface area (Å²) in [5, 5.41) is 0. The highest BCUT2D eigenvalue weighted by atomic mass is 16.1. The molecule has 0 heterocycles. The van der Waals surface area contributed by atoms with Crippen LogP contribution in [0, 0.1) is 5.92 Å². The van der Waals surface area contributed by atoms with Crippen LogP contribution in [0.3, 0.4) is 0 Å². The van der Waals surface area contributed by atoms with Crippen LogP contribution in [0.2, 0.25) is 0 Å². The molecular weight excluding hydrogens is 130 g/mol. The number of unbranched alkanes of at least 4 members (excludes halogenated alkanes) is 1. The van der Waals surface area contributed by atoms with Gasteiger partial charge in [0, 0.05) is 12.3 Å². The third-order valence-electron chi connectivity index (χ3n) is 1.44. The SMILES string of the molecule is CC(CCCC=O)C(N)=O. The standard InChI is InChI=1S/C7H13NO2/c1-6(7(8)10)4-2-3-5-9/h5-6H,2-4H2,1H3,(H2,8,10). The van der Waals surface area contributed by atoms with Crippen LogP contribution in [0.15, 0.2) is 0 Å². The number of rotatable bonds is 5. The first kappa shape index (κ1) is 9.14. The van der Waals surface area contributed by atoms with Gasteiger partial charge in [-0.3, -0.25) is 4.79 Å². The molecule has 0 aromatic carbocycles. The van der Waals surface area contributed by atoms with Crippen LogP contribution in [0.4, 0.5) is 0 Å². The predicted octanol–water partition coefficient (Wildman–Crippen LogP) is 0.477. The third-order valence-corrected chi connectivity index (χ3v) is 1.44. The van der Waals surface area contributed by atoms with Gasteiger partial charge in [0.25, 0.3) is 0 Å². The molecule has 3 nitrogen and oxygen atoms in total. The van der Waals surface area contributed by atoms with E-state index >= 15 is 0 Å². The van der Waals surface area contributed by atoms with Crippen LogP contribution in [-0.2, 0) is 9.59 Å². The Kier molecular flexibility index (Phi) is 4.54. The van der Waals surface area contributed by atoms with E-state index in [1.807, 2.05) is 0 Å². The van der Waals surface area contributed by atoms with Crippen LogP contribution < -0.4 is 5.73 Å². The Morgan fingerprint density at radius 3 is 2.70 bits per heavy atom. The first-order valence-corrected chi connectivity index (χ1v) is 3.41. The van der Waals surface area contributed by atoms with E-state index < -0.39 is 0 Å². The highest BCUT2D eigenvalue weighted by Crippen LogP contribution is 2.04. The highest BCUT2D eigenvalue weighted by molar-refractivity contribution is 5.76. The van der Waals surface area contributed by atoms with E-state index in [4.69, 9.17) is 5.73 Å². The van der Waals surface area contributed by atoms with Gasteiger partial charge in [-0.25, -0.2) is 0 Å². The summed E-state index contributed by atoms with van der Waals surface area (Å²) in [4.78, 5) is 20.3. The van der Waals surface area contributed by atoms with E-state index in [0.717, 1.165) is 12.7 Å². The summed E-state index contributed by atoms with van der Waals surface area (Å²) in [6.45, 7) is 1.77. The predicted molar refractivity (Wildman–Crippen MR) is 38.3 cm³/mol. The van der Waals surface area contributed by atoms with Crippen LogP contribution in [0.25, 0.3) is 0 Å². The van der Waals surface area contributed by atoms with Crippen LogP contribution >= 0.6 is 0 Å². The van der Waals surface area contributed by atoms with Gasteiger partial charge in [0.05, 0.1) is 0 Å². The minimum atomic E-state index is -0.286. The van der Waals surface area contributed by atoms with Gasteiger partial charge < -0.3 is 10.5 Å². The fourth-order valence-corrected chi connectivity index (χ4v) is 0.650. The lowest BCUT2D eigenvalue weighted by molar-refractivity contribution is -0.121. The van der Waals surface area contributed by atoms with E-state index in [2.05, 4.69) is 0 Å². The quantitative estimate of drug-likeness (QED) is 0.449. The number of carbonyl (C=O) groups is 2. The van der Waals surface area contributed by atoms with Crippen molar-refractivity contribution < 1.29 is 9.59 Å². The maximum atomic E-state index is 10.4. The largest absolute Gasteiger partial charge is 0.369 e. The molecule has 0 aliphatic carbocycles. The Morgan fingerprint density at radius 1 is 1.70 bits per heavy atom. The van der Waals surface area contributed by atoms with Crippen molar-refractivity contribution >= 4 is 12.2 Å². The van der Waals surface area contributed by atoms with Crippen molar-refractivity contribution in [1.29, 1.82) is 0 Å². The highest BCUT2D eigenvalue weighted by Gasteiger charge is 2.06. The van der Waals surface area contributed by atoms with E-state index in [1.165, 1.54) is 0 Å². The Morgan fingerprint density at radius 2 is 2.30 bits per heavy atom. The van der Waals surface area contributed by atoms with Crippen molar-refractivity contribution in [1.82, 2.24) is 0 Å². The van der Waals surface area contributed by atoms with E-state index in [-0.39, 0.29) is 11.8 Å². The Labute approximate surface area is 60.6 Å². The zero-order valence-electron chi connectivity index (χ0n) is 6.17.